The predicted molar refractivity (Wildman–Crippen MR) is 79.7 cm³/mol. The SMILES string of the molecule is Cc1ccc(NC(=O)COC(=O)c2snnc2C)cc1Cl. The maximum absolute atomic E-state index is 11.7. The fourth-order valence-electron chi connectivity index (χ4n) is 1.48. The summed E-state index contributed by atoms with van der Waals surface area (Å²) >= 11 is 6.89. The number of carbonyl (C=O) groups excluding carboxylic acids is 2. The molecule has 1 N–H and O–H groups in total. The summed E-state index contributed by atoms with van der Waals surface area (Å²) in [6, 6.07) is 5.14. The highest BCUT2D eigenvalue weighted by molar-refractivity contribution is 7.07. The zero-order valence-electron chi connectivity index (χ0n) is 11.3. The summed E-state index contributed by atoms with van der Waals surface area (Å²) in [5.41, 5.74) is 1.94. The number of aryl methyl sites for hydroxylation is 2. The van der Waals surface area contributed by atoms with Crippen LogP contribution in [0.3, 0.4) is 0 Å². The van der Waals surface area contributed by atoms with Gasteiger partial charge in [-0.05, 0) is 43.1 Å². The molecule has 21 heavy (non-hydrogen) atoms. The lowest BCUT2D eigenvalue weighted by atomic mass is 10.2. The number of benzene rings is 1. The molecule has 0 spiro atoms. The number of nitrogens with one attached hydrogen (secondary N) is 1. The number of hydrogen-bond donors (Lipinski definition) is 1. The van der Waals surface area contributed by atoms with Crippen LogP contribution in [0.1, 0.15) is 20.9 Å². The number of esters is 1. The molecule has 0 saturated heterocycles. The average molecular weight is 326 g/mol. The Bertz CT molecular complexity index is 687. The third-order valence-corrected chi connectivity index (χ3v) is 3.84. The Balaban J connectivity index is 1.89. The van der Waals surface area contributed by atoms with Crippen LogP contribution in [-0.4, -0.2) is 28.1 Å². The van der Waals surface area contributed by atoms with Crippen molar-refractivity contribution >= 4 is 40.7 Å². The molecule has 1 amide bonds. The first-order valence-corrected chi connectivity index (χ1v) is 7.14. The molecule has 2 aromatic rings. The molecule has 1 aromatic carbocycles. The Morgan fingerprint density at radius 2 is 2.14 bits per heavy atom. The normalized spacial score (nSPS) is 10.2. The van der Waals surface area contributed by atoms with E-state index in [2.05, 4.69) is 14.9 Å². The largest absolute Gasteiger partial charge is 0.451 e. The minimum Gasteiger partial charge on any atom is -0.451 e. The molecule has 0 aliphatic carbocycles. The smallest absolute Gasteiger partial charge is 0.352 e. The first-order valence-electron chi connectivity index (χ1n) is 5.99. The van der Waals surface area contributed by atoms with Crippen LogP contribution in [-0.2, 0) is 9.53 Å². The van der Waals surface area contributed by atoms with E-state index in [1.165, 1.54) is 0 Å². The van der Waals surface area contributed by atoms with Gasteiger partial charge in [0.15, 0.2) is 11.5 Å². The third kappa shape index (κ3) is 3.99. The molecule has 1 heterocycles. The molecule has 6 nitrogen and oxygen atoms in total. The van der Waals surface area contributed by atoms with Crippen LogP contribution < -0.4 is 5.32 Å². The first kappa shape index (κ1) is 15.4. The number of hydrogen-bond acceptors (Lipinski definition) is 6. The summed E-state index contributed by atoms with van der Waals surface area (Å²) in [7, 11) is 0. The second-order valence-corrected chi connectivity index (χ2v) is 5.44. The topological polar surface area (TPSA) is 81.2 Å². The second-order valence-electron chi connectivity index (χ2n) is 4.28. The Kier molecular flexibility index (Phi) is 4.87. The van der Waals surface area contributed by atoms with Crippen molar-refractivity contribution in [3.63, 3.8) is 0 Å². The molecule has 0 aliphatic rings. The highest BCUT2D eigenvalue weighted by atomic mass is 35.5. The maximum atomic E-state index is 11.7. The Morgan fingerprint density at radius 1 is 1.38 bits per heavy atom. The Hall–Kier alpha value is -1.99. The number of rotatable bonds is 4. The second kappa shape index (κ2) is 6.64. The van der Waals surface area contributed by atoms with E-state index in [-0.39, 0.29) is 6.61 Å². The van der Waals surface area contributed by atoms with Crippen LogP contribution in [0.25, 0.3) is 0 Å². The molecular weight excluding hydrogens is 314 g/mol. The van der Waals surface area contributed by atoms with Gasteiger partial charge in [0.25, 0.3) is 5.91 Å². The van der Waals surface area contributed by atoms with E-state index < -0.39 is 11.9 Å². The van der Waals surface area contributed by atoms with Gasteiger partial charge in [0.05, 0.1) is 5.69 Å². The van der Waals surface area contributed by atoms with Crippen LogP contribution in [0.5, 0.6) is 0 Å². The number of anilines is 1. The molecular formula is C13H12ClN3O3S. The van der Waals surface area contributed by atoms with E-state index in [1.807, 2.05) is 6.92 Å². The Labute approximate surface area is 130 Å². The van der Waals surface area contributed by atoms with Gasteiger partial charge >= 0.3 is 5.97 Å². The van der Waals surface area contributed by atoms with Crippen molar-refractivity contribution in [2.45, 2.75) is 13.8 Å². The van der Waals surface area contributed by atoms with Gasteiger partial charge < -0.3 is 10.1 Å². The van der Waals surface area contributed by atoms with Gasteiger partial charge in [-0.25, -0.2) is 4.79 Å². The number of amides is 1. The van der Waals surface area contributed by atoms with Crippen molar-refractivity contribution in [1.29, 1.82) is 0 Å². The molecule has 0 unspecified atom stereocenters. The van der Waals surface area contributed by atoms with Crippen molar-refractivity contribution in [3.05, 3.63) is 39.4 Å². The molecule has 0 radical (unpaired) electrons. The third-order valence-electron chi connectivity index (χ3n) is 2.63. The van der Waals surface area contributed by atoms with Crippen molar-refractivity contribution in [2.75, 3.05) is 11.9 Å². The van der Waals surface area contributed by atoms with Crippen LogP contribution in [0.2, 0.25) is 5.02 Å². The van der Waals surface area contributed by atoms with Crippen LogP contribution >= 0.6 is 23.1 Å². The quantitative estimate of drug-likeness (QED) is 0.874. The predicted octanol–water partition coefficient (Wildman–Crippen LogP) is 2.60. The number of halogens is 1. The van der Waals surface area contributed by atoms with Gasteiger partial charge in [-0.2, -0.15) is 0 Å². The van der Waals surface area contributed by atoms with Gasteiger partial charge in [0.2, 0.25) is 0 Å². The van der Waals surface area contributed by atoms with Crippen LogP contribution in [0.4, 0.5) is 5.69 Å². The first-order chi connectivity index (χ1) is 9.97. The molecule has 1 aromatic heterocycles. The summed E-state index contributed by atoms with van der Waals surface area (Å²) in [5.74, 6) is -1.06. The van der Waals surface area contributed by atoms with Gasteiger partial charge in [-0.15, -0.1) is 5.10 Å². The fraction of sp³-hybridized carbons (Fsp3) is 0.231. The van der Waals surface area contributed by atoms with E-state index in [1.54, 1.807) is 25.1 Å². The highest BCUT2D eigenvalue weighted by Crippen LogP contribution is 2.19. The summed E-state index contributed by atoms with van der Waals surface area (Å²) in [6.45, 7) is 3.12. The lowest BCUT2D eigenvalue weighted by molar-refractivity contribution is -0.119. The summed E-state index contributed by atoms with van der Waals surface area (Å²) in [4.78, 5) is 23.7. The minimum absolute atomic E-state index is 0.293. The van der Waals surface area contributed by atoms with Gasteiger partial charge in [-0.3, -0.25) is 4.79 Å². The van der Waals surface area contributed by atoms with E-state index in [0.717, 1.165) is 17.1 Å². The molecule has 0 atom stereocenters. The number of ether oxygens (including phenoxy) is 1. The lowest BCUT2D eigenvalue weighted by Gasteiger charge is -2.07. The van der Waals surface area contributed by atoms with Crippen molar-refractivity contribution in [1.82, 2.24) is 9.59 Å². The monoisotopic (exact) mass is 325 g/mol. The van der Waals surface area contributed by atoms with E-state index in [9.17, 15) is 9.59 Å². The zero-order valence-corrected chi connectivity index (χ0v) is 12.9. The summed E-state index contributed by atoms with van der Waals surface area (Å²) < 4.78 is 8.53. The summed E-state index contributed by atoms with van der Waals surface area (Å²) in [6.07, 6.45) is 0. The zero-order chi connectivity index (χ0) is 15.4. The standard InChI is InChI=1S/C13H12ClN3O3S/c1-7-3-4-9(5-10(7)14)15-11(18)6-20-13(19)12-8(2)16-17-21-12/h3-5H,6H2,1-2H3,(H,15,18). The lowest BCUT2D eigenvalue weighted by Crippen LogP contribution is -2.20. The minimum atomic E-state index is -0.611. The van der Waals surface area contributed by atoms with E-state index >= 15 is 0 Å². The Morgan fingerprint density at radius 3 is 2.76 bits per heavy atom. The molecule has 0 bridgehead atoms. The molecule has 110 valence electrons. The molecule has 0 aliphatic heterocycles. The molecule has 0 saturated carbocycles. The maximum Gasteiger partial charge on any atom is 0.352 e. The molecule has 0 fully saturated rings. The number of aromatic nitrogens is 2. The van der Waals surface area contributed by atoms with E-state index in [4.69, 9.17) is 16.3 Å². The fourth-order valence-corrected chi connectivity index (χ4v) is 2.22. The van der Waals surface area contributed by atoms with Gasteiger partial charge in [0, 0.05) is 10.7 Å². The summed E-state index contributed by atoms with van der Waals surface area (Å²) in [5, 5.41) is 6.85. The molecule has 8 heteroatoms. The molecule has 2 rings (SSSR count). The van der Waals surface area contributed by atoms with E-state index in [0.29, 0.717) is 21.3 Å². The van der Waals surface area contributed by atoms with Crippen LogP contribution in [0, 0.1) is 13.8 Å². The van der Waals surface area contributed by atoms with Gasteiger partial charge in [-0.1, -0.05) is 22.2 Å². The van der Waals surface area contributed by atoms with Crippen molar-refractivity contribution in [2.24, 2.45) is 0 Å². The van der Waals surface area contributed by atoms with Crippen molar-refractivity contribution in [3.8, 4) is 0 Å². The van der Waals surface area contributed by atoms with Crippen molar-refractivity contribution < 1.29 is 14.3 Å². The average Bonchev–Trinajstić information content (AvgIpc) is 2.86. The number of carbonyl (C=O) groups is 2. The number of nitrogens with zero attached hydrogens (tertiary/aromatic N) is 2. The highest BCUT2D eigenvalue weighted by Gasteiger charge is 2.16. The van der Waals surface area contributed by atoms with Crippen LogP contribution in [0.15, 0.2) is 18.2 Å². The van der Waals surface area contributed by atoms with Gasteiger partial charge in [0.1, 0.15) is 0 Å².